The van der Waals surface area contributed by atoms with E-state index in [1.807, 2.05) is 38.7 Å². The molecule has 0 spiro atoms. The number of fused-ring (bicyclic) bond motifs is 4. The Labute approximate surface area is 292 Å². The molecule has 0 fully saturated rings. The van der Waals surface area contributed by atoms with Crippen LogP contribution in [0.4, 0.5) is 11.4 Å². The summed E-state index contributed by atoms with van der Waals surface area (Å²) in [6.45, 7) is 5.00. The average Bonchev–Trinajstić information content (AvgIpc) is 3.56. The molecule has 4 heterocycles. The molecule has 6 rings (SSSR count). The van der Waals surface area contributed by atoms with Crippen molar-refractivity contribution in [2.24, 2.45) is 9.98 Å². The van der Waals surface area contributed by atoms with Gasteiger partial charge in [-0.3, -0.25) is 19.6 Å². The molecular formula is C34H39IN4O6Re-. The molecule has 0 N–H and O–H groups in total. The second-order valence-corrected chi connectivity index (χ2v) is 11.3. The number of carbonyl (C=O) groups excluding carboxylic acids is 2. The van der Waals surface area contributed by atoms with Crippen LogP contribution >= 0.6 is 19.5 Å². The normalized spacial score (nSPS) is 18.8. The van der Waals surface area contributed by atoms with Gasteiger partial charge in [-0.2, -0.15) is 0 Å². The third-order valence-corrected chi connectivity index (χ3v) is 8.06. The first kappa shape index (κ1) is 35.6. The zero-order valence-corrected chi connectivity index (χ0v) is 31.6. The Morgan fingerprint density at radius 1 is 0.717 bits per heavy atom. The fraction of sp³-hybridized carbons (Fsp3) is 0.382. The van der Waals surface area contributed by atoms with Crippen molar-refractivity contribution in [2.45, 2.75) is 58.0 Å². The van der Waals surface area contributed by atoms with Gasteiger partial charge >= 0.3 is 35.1 Å². The zero-order chi connectivity index (χ0) is 32.1. The van der Waals surface area contributed by atoms with Crippen molar-refractivity contribution in [2.75, 3.05) is 27.4 Å². The molecule has 2 amide bonds. The number of methoxy groups -OCH3 is 2. The minimum absolute atomic E-state index is 0. The maximum atomic E-state index is 13.2. The molecule has 4 aliphatic rings. The Morgan fingerprint density at radius 2 is 1.13 bits per heavy atom. The first-order chi connectivity index (χ1) is 21.9. The van der Waals surface area contributed by atoms with Crippen molar-refractivity contribution in [3.63, 3.8) is 0 Å². The van der Waals surface area contributed by atoms with Crippen LogP contribution in [0.25, 0.3) is 0 Å². The van der Waals surface area contributed by atoms with E-state index in [4.69, 9.17) is 18.9 Å². The van der Waals surface area contributed by atoms with Crippen LogP contribution in [0.15, 0.2) is 57.8 Å². The van der Waals surface area contributed by atoms with Gasteiger partial charge in [-0.1, -0.05) is 11.1 Å². The third-order valence-electron chi connectivity index (χ3n) is 8.06. The number of ether oxygens (including phenoxy) is 4. The van der Waals surface area contributed by atoms with Crippen LogP contribution in [-0.4, -0.2) is 73.6 Å². The molecule has 12 heteroatoms. The monoisotopic (exact) mass is 913 g/mol. The quantitative estimate of drug-likeness (QED) is 0.141. The summed E-state index contributed by atoms with van der Waals surface area (Å²) in [6.07, 6.45) is 11.5. The molecule has 2 atom stereocenters. The summed E-state index contributed by atoms with van der Waals surface area (Å²) >= 11 is 3.90. The molecule has 0 aliphatic carbocycles. The van der Waals surface area contributed by atoms with Crippen molar-refractivity contribution in [3.8, 4) is 23.0 Å². The van der Waals surface area contributed by atoms with Crippen LogP contribution in [0.2, 0.25) is 0 Å². The number of hydrogen-bond donors (Lipinski definition) is 0. The molecule has 0 bridgehead atoms. The number of hydrogen-bond acceptors (Lipinski definition) is 8. The van der Waals surface area contributed by atoms with Crippen LogP contribution in [0.5, 0.6) is 23.0 Å². The summed E-state index contributed by atoms with van der Waals surface area (Å²) in [5.41, 5.74) is 4.48. The fourth-order valence-electron chi connectivity index (χ4n) is 5.85. The predicted octanol–water partition coefficient (Wildman–Crippen LogP) is 7.33. The summed E-state index contributed by atoms with van der Waals surface area (Å²) in [5.74, 6) is 1.96. The van der Waals surface area contributed by atoms with E-state index >= 15 is 0 Å². The molecule has 0 unspecified atom stereocenters. The number of amides is 2. The summed E-state index contributed by atoms with van der Waals surface area (Å²) in [6, 6.07) is 6.88. The van der Waals surface area contributed by atoms with Gasteiger partial charge in [0.05, 0.1) is 62.0 Å². The van der Waals surface area contributed by atoms with Gasteiger partial charge in [0, 0.05) is 37.0 Å². The zero-order valence-electron chi connectivity index (χ0n) is 26.7. The number of carbonyl (C=O) groups is 2. The van der Waals surface area contributed by atoms with Gasteiger partial charge in [0.1, 0.15) is 0 Å². The maximum absolute atomic E-state index is 13.2. The Kier molecular flexibility index (Phi) is 12.4. The molecule has 2 aromatic carbocycles. The predicted molar refractivity (Wildman–Crippen MR) is 184 cm³/mol. The van der Waals surface area contributed by atoms with Crippen molar-refractivity contribution < 1.29 is 44.1 Å². The molecule has 0 saturated heterocycles. The third kappa shape index (κ3) is 7.50. The van der Waals surface area contributed by atoms with E-state index in [1.165, 1.54) is 0 Å². The molecule has 0 radical (unpaired) electrons. The molecule has 0 aromatic heterocycles. The van der Waals surface area contributed by atoms with E-state index in [0.29, 0.717) is 58.7 Å². The van der Waals surface area contributed by atoms with Crippen LogP contribution in [0.3, 0.4) is 0 Å². The summed E-state index contributed by atoms with van der Waals surface area (Å²) in [5, 5.41) is 0. The molecule has 46 heavy (non-hydrogen) atoms. The van der Waals surface area contributed by atoms with Crippen LogP contribution in [0.1, 0.15) is 66.7 Å². The fourth-order valence-corrected chi connectivity index (χ4v) is 5.85. The molecule has 2 aromatic rings. The van der Waals surface area contributed by atoms with Gasteiger partial charge in [-0.25, -0.2) is 0 Å². The van der Waals surface area contributed by atoms with Gasteiger partial charge in [0.15, 0.2) is 23.0 Å². The van der Waals surface area contributed by atoms with E-state index in [-0.39, 0.29) is 31.3 Å². The van der Waals surface area contributed by atoms with Crippen molar-refractivity contribution in [1.29, 1.82) is 0 Å². The van der Waals surface area contributed by atoms with E-state index in [1.54, 1.807) is 63.9 Å². The summed E-state index contributed by atoms with van der Waals surface area (Å²) in [4.78, 5) is 39.0. The van der Waals surface area contributed by atoms with E-state index in [0.717, 1.165) is 43.3 Å². The molecule has 0 saturated carbocycles. The second kappa shape index (κ2) is 16.1. The van der Waals surface area contributed by atoms with Gasteiger partial charge in [-0.15, -0.1) is 0 Å². The van der Waals surface area contributed by atoms with Crippen LogP contribution < -0.4 is 18.9 Å². The van der Waals surface area contributed by atoms with Gasteiger partial charge in [-0.05, 0) is 58.1 Å². The first-order valence-corrected chi connectivity index (χ1v) is 22.5. The minimum atomic E-state index is -0.0868. The van der Waals surface area contributed by atoms with Gasteiger partial charge < -0.3 is 36.2 Å². The standard InChI is InChI=1S/C33H36N4O6.CH3.HI.Re/c1-20-10-22-16-34-26-14-30(28(40-3)12-24(26)32(38)36(22)18-20)42-8-6-5-7-9-43-31-15-27-25(13-29(31)41-4)33(39)37-19-21(2)11-23(37)17-35-27;;;/h12-19,22-23H,5-11H2,1-4H3;1H3;1H;/q;-1;;+1/p-1/t22-,23-;;;/m0.../s1. The molecule has 4 aliphatic heterocycles. The summed E-state index contributed by atoms with van der Waals surface area (Å²) < 4.78 is 23.2. The van der Waals surface area contributed by atoms with Crippen molar-refractivity contribution >= 4 is 55.1 Å². The molecule has 246 valence electrons. The Morgan fingerprint density at radius 3 is 1.52 bits per heavy atom. The van der Waals surface area contributed by atoms with Crippen molar-refractivity contribution in [1.82, 2.24) is 9.80 Å². The molecule has 10 nitrogen and oxygen atoms in total. The average molecular weight is 913 g/mol. The summed E-state index contributed by atoms with van der Waals surface area (Å²) in [7, 11) is 3.14. The Balaban J connectivity index is 0.00000157. The van der Waals surface area contributed by atoms with Crippen LogP contribution in [0, 0.1) is 7.43 Å². The molecular weight excluding hydrogens is 874 g/mol. The number of unbranched alkanes of at least 4 members (excludes halogenated alkanes) is 2. The van der Waals surface area contributed by atoms with E-state index in [9.17, 15) is 9.59 Å². The van der Waals surface area contributed by atoms with E-state index in [2.05, 4.69) is 29.5 Å². The van der Waals surface area contributed by atoms with Crippen molar-refractivity contribution in [3.05, 3.63) is 66.4 Å². The topological polar surface area (TPSA) is 102 Å². The Bertz CT molecular complexity index is 1470. The number of rotatable bonds is 10. The first-order valence-electron chi connectivity index (χ1n) is 14.8. The second-order valence-electron chi connectivity index (χ2n) is 11.3. The van der Waals surface area contributed by atoms with Crippen LogP contribution in [-0.2, 0) is 15.6 Å². The number of nitrogens with zero attached hydrogens (tertiary/aromatic N) is 4. The number of aliphatic imine (C=N–C) groups is 2. The SMILES string of the molecule is COc1cc2c(cc1OCCCCCOc1cc3c(cc1OC)C(=O)N1C=C(C)C[C@H]1C=N3)N=C[C@@H]1CC(C)=CN1C2=O.[CH3-].[I][Re]. The number of halogens is 1. The Hall–Kier alpha value is -3.21. The van der Waals surface area contributed by atoms with Gasteiger partial charge in [0.25, 0.3) is 11.8 Å². The van der Waals surface area contributed by atoms with E-state index < -0.39 is 0 Å². The number of benzene rings is 2. The van der Waals surface area contributed by atoms with Gasteiger partial charge in [0.2, 0.25) is 0 Å².